The molecule has 10 heteroatoms. The first kappa shape index (κ1) is 24.3. The third kappa shape index (κ3) is 5.71. The molecule has 0 saturated carbocycles. The molecular formula is C21H30IN5O2S2. The minimum absolute atomic E-state index is 0. The fraction of sp³-hybridized carbons (Fsp3) is 0.476. The summed E-state index contributed by atoms with van der Waals surface area (Å²) in [5, 5.41) is 6.85. The quantitative estimate of drug-likeness (QED) is 0.338. The number of halogens is 1. The highest BCUT2D eigenvalue weighted by Crippen LogP contribution is 2.23. The maximum Gasteiger partial charge on any atom is 0.243 e. The van der Waals surface area contributed by atoms with E-state index in [1.165, 1.54) is 5.00 Å². The van der Waals surface area contributed by atoms with Gasteiger partial charge in [0, 0.05) is 52.9 Å². The fourth-order valence-electron chi connectivity index (χ4n) is 3.96. The van der Waals surface area contributed by atoms with Gasteiger partial charge in [-0.3, -0.25) is 4.99 Å². The summed E-state index contributed by atoms with van der Waals surface area (Å²) in [4.78, 5) is 9.50. The molecular weight excluding hydrogens is 545 g/mol. The number of sulfonamides is 1. The summed E-state index contributed by atoms with van der Waals surface area (Å²) in [6.45, 7) is 5.66. The highest BCUT2D eigenvalue weighted by atomic mass is 127. The number of thiophene rings is 1. The summed E-state index contributed by atoms with van der Waals surface area (Å²) in [6.07, 6.45) is 1.89. The molecule has 1 aromatic carbocycles. The van der Waals surface area contributed by atoms with Crippen LogP contribution in [0.2, 0.25) is 0 Å². The zero-order valence-corrected chi connectivity index (χ0v) is 21.7. The first-order valence-electron chi connectivity index (χ1n) is 10.4. The number of piperazine rings is 1. The van der Waals surface area contributed by atoms with E-state index < -0.39 is 10.0 Å². The standard InChI is InChI=1S/C21H29N5O2S2.HI/c1-22-21(25-14-12-24(13-15-25)20-5-4-16-29-20)23-17-18-6-8-19(9-7-18)30(27,28)26-10-2-3-11-26;/h4-9,16H,2-3,10-15,17H2,1H3,(H,22,23);1H. The first-order chi connectivity index (χ1) is 14.6. The van der Waals surface area contributed by atoms with E-state index in [1.807, 2.05) is 12.1 Å². The SMILES string of the molecule is CN=C(NCc1ccc(S(=O)(=O)N2CCCC2)cc1)N1CCN(c2cccs2)CC1.I. The minimum Gasteiger partial charge on any atom is -0.360 e. The molecule has 2 aliphatic rings. The zero-order valence-electron chi connectivity index (χ0n) is 17.7. The van der Waals surface area contributed by atoms with Crippen LogP contribution < -0.4 is 10.2 Å². The molecule has 7 nitrogen and oxygen atoms in total. The molecule has 0 atom stereocenters. The molecule has 1 aromatic heterocycles. The summed E-state index contributed by atoms with van der Waals surface area (Å²) in [6, 6.07) is 11.5. The van der Waals surface area contributed by atoms with Gasteiger partial charge in [0.05, 0.1) is 9.90 Å². The summed E-state index contributed by atoms with van der Waals surface area (Å²) < 4.78 is 26.9. The second-order valence-electron chi connectivity index (χ2n) is 7.58. The van der Waals surface area contributed by atoms with Crippen LogP contribution in [0.3, 0.4) is 0 Å². The number of benzene rings is 1. The van der Waals surface area contributed by atoms with E-state index in [1.54, 1.807) is 34.8 Å². The van der Waals surface area contributed by atoms with Crippen molar-refractivity contribution in [3.05, 3.63) is 47.3 Å². The zero-order chi connectivity index (χ0) is 21.0. The molecule has 0 radical (unpaired) electrons. The van der Waals surface area contributed by atoms with Crippen molar-refractivity contribution in [3.63, 3.8) is 0 Å². The Morgan fingerprint density at radius 3 is 2.29 bits per heavy atom. The van der Waals surface area contributed by atoms with Gasteiger partial charge < -0.3 is 15.1 Å². The van der Waals surface area contributed by atoms with E-state index in [2.05, 4.69) is 37.6 Å². The Hall–Kier alpha value is -1.37. The normalized spacial score (nSPS) is 18.2. The van der Waals surface area contributed by atoms with Crippen LogP contribution in [0.15, 0.2) is 51.7 Å². The monoisotopic (exact) mass is 575 g/mol. The average molecular weight is 576 g/mol. The second kappa shape index (κ2) is 11.0. The van der Waals surface area contributed by atoms with Crippen LogP contribution in [0.25, 0.3) is 0 Å². The summed E-state index contributed by atoms with van der Waals surface area (Å²) in [5.41, 5.74) is 1.04. The van der Waals surface area contributed by atoms with Crippen molar-refractivity contribution in [2.24, 2.45) is 4.99 Å². The summed E-state index contributed by atoms with van der Waals surface area (Å²) in [7, 11) is -1.55. The van der Waals surface area contributed by atoms with Crippen molar-refractivity contribution in [1.29, 1.82) is 0 Å². The van der Waals surface area contributed by atoms with Crippen LogP contribution in [0.4, 0.5) is 5.00 Å². The lowest BCUT2D eigenvalue weighted by Gasteiger charge is -2.37. The van der Waals surface area contributed by atoms with Crippen molar-refractivity contribution >= 4 is 56.3 Å². The molecule has 0 amide bonds. The third-order valence-electron chi connectivity index (χ3n) is 5.69. The topological polar surface area (TPSA) is 68.2 Å². The van der Waals surface area contributed by atoms with E-state index in [9.17, 15) is 8.42 Å². The molecule has 2 fully saturated rings. The van der Waals surface area contributed by atoms with Gasteiger partial charge >= 0.3 is 0 Å². The lowest BCUT2D eigenvalue weighted by molar-refractivity contribution is 0.373. The number of hydrogen-bond acceptors (Lipinski definition) is 5. The number of rotatable bonds is 5. The van der Waals surface area contributed by atoms with Gasteiger partial charge in [-0.15, -0.1) is 35.3 Å². The van der Waals surface area contributed by atoms with Crippen molar-refractivity contribution in [2.75, 3.05) is 51.2 Å². The number of nitrogens with one attached hydrogen (secondary N) is 1. The molecule has 0 aliphatic carbocycles. The average Bonchev–Trinajstić information content (AvgIpc) is 3.50. The van der Waals surface area contributed by atoms with Crippen molar-refractivity contribution in [3.8, 4) is 0 Å². The van der Waals surface area contributed by atoms with Crippen molar-refractivity contribution in [1.82, 2.24) is 14.5 Å². The van der Waals surface area contributed by atoms with Gasteiger partial charge in [-0.25, -0.2) is 8.42 Å². The highest BCUT2D eigenvalue weighted by Gasteiger charge is 2.27. The van der Waals surface area contributed by atoms with Crippen LogP contribution in [0.5, 0.6) is 0 Å². The maximum absolute atomic E-state index is 12.7. The van der Waals surface area contributed by atoms with Crippen LogP contribution in [0.1, 0.15) is 18.4 Å². The molecule has 0 unspecified atom stereocenters. The number of aliphatic imine (C=N–C) groups is 1. The Labute approximate surface area is 206 Å². The molecule has 2 aliphatic heterocycles. The van der Waals surface area contributed by atoms with Gasteiger partial charge in [0.25, 0.3) is 0 Å². The van der Waals surface area contributed by atoms with Crippen molar-refractivity contribution in [2.45, 2.75) is 24.3 Å². The van der Waals surface area contributed by atoms with E-state index in [0.717, 1.165) is 50.5 Å². The van der Waals surface area contributed by atoms with Gasteiger partial charge in [-0.1, -0.05) is 12.1 Å². The summed E-state index contributed by atoms with van der Waals surface area (Å²) in [5.74, 6) is 0.884. The van der Waals surface area contributed by atoms with Crippen LogP contribution in [-0.4, -0.2) is 69.9 Å². The fourth-order valence-corrected chi connectivity index (χ4v) is 6.26. The van der Waals surface area contributed by atoms with E-state index >= 15 is 0 Å². The van der Waals surface area contributed by atoms with Crippen LogP contribution in [-0.2, 0) is 16.6 Å². The molecule has 4 rings (SSSR count). The Morgan fingerprint density at radius 1 is 1.03 bits per heavy atom. The summed E-state index contributed by atoms with van der Waals surface area (Å²) >= 11 is 1.78. The molecule has 2 aromatic rings. The van der Waals surface area contributed by atoms with E-state index in [-0.39, 0.29) is 24.0 Å². The molecule has 31 heavy (non-hydrogen) atoms. The lowest BCUT2D eigenvalue weighted by atomic mass is 10.2. The Balaban J connectivity index is 0.00000272. The maximum atomic E-state index is 12.7. The predicted molar refractivity (Wildman–Crippen MR) is 138 cm³/mol. The molecule has 0 spiro atoms. The van der Waals surface area contributed by atoms with Crippen molar-refractivity contribution < 1.29 is 8.42 Å². The van der Waals surface area contributed by atoms with E-state index in [4.69, 9.17) is 0 Å². The number of guanidine groups is 1. The molecule has 170 valence electrons. The Bertz CT molecular complexity index is 950. The Kier molecular flexibility index (Phi) is 8.59. The van der Waals surface area contributed by atoms with Gasteiger partial charge in [0.2, 0.25) is 10.0 Å². The molecule has 3 heterocycles. The van der Waals surface area contributed by atoms with Gasteiger partial charge in [-0.05, 0) is 48.1 Å². The first-order valence-corrected chi connectivity index (χ1v) is 12.7. The smallest absolute Gasteiger partial charge is 0.243 e. The molecule has 1 N–H and O–H groups in total. The number of hydrogen-bond donors (Lipinski definition) is 1. The van der Waals surface area contributed by atoms with Gasteiger partial charge in [-0.2, -0.15) is 4.31 Å². The van der Waals surface area contributed by atoms with Crippen LogP contribution >= 0.6 is 35.3 Å². The number of anilines is 1. The predicted octanol–water partition coefficient (Wildman–Crippen LogP) is 3.05. The molecule has 0 bridgehead atoms. The van der Waals surface area contributed by atoms with E-state index in [0.29, 0.717) is 24.5 Å². The minimum atomic E-state index is -3.36. The lowest BCUT2D eigenvalue weighted by Crippen LogP contribution is -2.52. The van der Waals surface area contributed by atoms with Gasteiger partial charge in [0.1, 0.15) is 0 Å². The molecule has 2 saturated heterocycles. The highest BCUT2D eigenvalue weighted by molar-refractivity contribution is 14.0. The third-order valence-corrected chi connectivity index (χ3v) is 8.53. The van der Waals surface area contributed by atoms with Crippen LogP contribution in [0, 0.1) is 0 Å². The second-order valence-corrected chi connectivity index (χ2v) is 10.4. The van der Waals surface area contributed by atoms with Gasteiger partial charge in [0.15, 0.2) is 5.96 Å². The largest absolute Gasteiger partial charge is 0.360 e. The Morgan fingerprint density at radius 2 is 1.71 bits per heavy atom. The number of nitrogens with zero attached hydrogens (tertiary/aromatic N) is 4.